The predicted octanol–water partition coefficient (Wildman–Crippen LogP) is 11.5. The van der Waals surface area contributed by atoms with Crippen molar-refractivity contribution in [1.29, 1.82) is 0 Å². The molecule has 67 heavy (non-hydrogen) atoms. The normalized spacial score (nSPS) is 18.7. The molecule has 2 N–H and O–H groups in total. The van der Waals surface area contributed by atoms with Crippen LogP contribution in [0.5, 0.6) is 0 Å². The van der Waals surface area contributed by atoms with E-state index >= 15 is 0 Å². The second kappa shape index (κ2) is 20.3. The van der Waals surface area contributed by atoms with Gasteiger partial charge in [0, 0.05) is 35.7 Å². The van der Waals surface area contributed by atoms with Crippen molar-refractivity contribution in [3.05, 3.63) is 130 Å². The van der Waals surface area contributed by atoms with Gasteiger partial charge in [-0.25, -0.2) is 36.9 Å². The van der Waals surface area contributed by atoms with Gasteiger partial charge in [0.15, 0.2) is 17.1 Å². The van der Waals surface area contributed by atoms with E-state index in [2.05, 4.69) is 41.6 Å². The van der Waals surface area contributed by atoms with Crippen molar-refractivity contribution in [3.8, 4) is 22.5 Å². The highest BCUT2D eigenvalue weighted by Gasteiger charge is 2.33. The summed E-state index contributed by atoms with van der Waals surface area (Å²) in [5, 5.41) is 15.6. The van der Waals surface area contributed by atoms with Crippen LogP contribution in [0.1, 0.15) is 67.8 Å². The van der Waals surface area contributed by atoms with Crippen molar-refractivity contribution in [2.24, 2.45) is 9.98 Å². The number of hydrogen-bond donors (Lipinski definition) is 2. The SMILES string of the molecule is CB1OB(C)OB(C)O1.Cc1nn(C2CCCCO2)c2c1N=C(c1c(F)cccc1F)Nc1ccccc1-2.Fc1cccc(F)c1C1=Nc2c(Br)nn(C3CCCCO3)c2-c2ccccc2N1. The molecule has 11 rings (SSSR count). The number of ether oxygens (including phenoxy) is 2. The summed E-state index contributed by atoms with van der Waals surface area (Å²) in [6.07, 6.45) is 5.48. The second-order valence-corrected chi connectivity index (χ2v) is 17.1. The summed E-state index contributed by atoms with van der Waals surface area (Å²) in [4.78, 5) is 9.25. The Labute approximate surface area is 394 Å². The quantitative estimate of drug-likeness (QED) is 0.131. The zero-order valence-electron chi connectivity index (χ0n) is 37.2. The monoisotopic (exact) mass is 978 g/mol. The number of aromatic nitrogens is 4. The molecule has 2 unspecified atom stereocenters. The Morgan fingerprint density at radius 2 is 0.985 bits per heavy atom. The van der Waals surface area contributed by atoms with Gasteiger partial charge in [0.05, 0.1) is 22.5 Å². The van der Waals surface area contributed by atoms with Gasteiger partial charge in [-0.05, 0) is 118 Å². The minimum absolute atomic E-state index is 0.0941. The molecule has 7 heterocycles. The van der Waals surface area contributed by atoms with Gasteiger partial charge in [0.25, 0.3) is 0 Å². The molecule has 344 valence electrons. The Morgan fingerprint density at radius 3 is 1.43 bits per heavy atom. The summed E-state index contributed by atoms with van der Waals surface area (Å²) in [7, 11) is -0.406. The molecule has 0 amide bonds. The van der Waals surface area contributed by atoms with Crippen LogP contribution in [0.2, 0.25) is 20.5 Å². The Kier molecular flexibility index (Phi) is 14.1. The Hall–Kier alpha value is -5.57. The average molecular weight is 979 g/mol. The predicted molar refractivity (Wildman–Crippen MR) is 256 cm³/mol. The van der Waals surface area contributed by atoms with Gasteiger partial charge in [-0.1, -0.05) is 48.5 Å². The van der Waals surface area contributed by atoms with Crippen molar-refractivity contribution in [3.63, 3.8) is 0 Å². The zero-order valence-corrected chi connectivity index (χ0v) is 38.8. The molecule has 0 spiro atoms. The molecule has 13 nitrogen and oxygen atoms in total. The lowest BCUT2D eigenvalue weighted by atomic mass is 9.74. The number of halogens is 5. The molecule has 5 aliphatic heterocycles. The zero-order chi connectivity index (χ0) is 46.8. The molecule has 21 heteroatoms. The van der Waals surface area contributed by atoms with Gasteiger partial charge in [0.1, 0.15) is 52.0 Å². The van der Waals surface area contributed by atoms with Crippen molar-refractivity contribution in [2.45, 2.75) is 78.4 Å². The smallest absolute Gasteiger partial charge is 0.426 e. The first-order valence-electron chi connectivity index (χ1n) is 22.3. The first kappa shape index (κ1) is 46.5. The molecule has 2 atom stereocenters. The number of nitrogens with zero attached hydrogens (tertiary/aromatic N) is 6. The molecule has 0 saturated carbocycles. The Morgan fingerprint density at radius 1 is 0.567 bits per heavy atom. The van der Waals surface area contributed by atoms with Gasteiger partial charge in [-0.15, -0.1) is 0 Å². The number of nitrogens with one attached hydrogen (secondary N) is 2. The average Bonchev–Trinajstić information content (AvgIpc) is 3.66. The summed E-state index contributed by atoms with van der Waals surface area (Å²) in [6.45, 7) is 8.78. The van der Waals surface area contributed by atoms with Crippen LogP contribution in [-0.2, 0) is 23.2 Å². The maximum absolute atomic E-state index is 14.5. The molecular formula is C46H46B3BrF4N8O5. The Balaban J connectivity index is 0.000000142. The fraction of sp³-hybridized carbons (Fsp3) is 0.304. The van der Waals surface area contributed by atoms with E-state index in [1.54, 1.807) is 0 Å². The standard InChI is InChI=1S/C22H20F2N4O.C21H17BrF2N4O.C3H9B3O3/c1-13-20-21(28(27-13)18-11-4-5-12-29-18)14-7-2-3-10-17(14)25-22(26-20)19-15(23)8-6-9-16(19)24;22-20-18-19(28(27-20)16-10-3-4-11-29-16)12-6-1-2-9-15(12)25-21(26-18)17-13(23)7-5-8-14(17)24;1-4-7-5(2)9-6(3)8-4/h2-3,6-10,18H,4-5,11-12H2,1H3,(H,25,26);1-2,5-9,16H,3-4,10-11H2,(H,25,26);1-3H3. The van der Waals surface area contributed by atoms with Crippen LogP contribution in [0.15, 0.2) is 99.5 Å². The molecule has 3 saturated heterocycles. The highest BCUT2D eigenvalue weighted by Crippen LogP contribution is 2.46. The van der Waals surface area contributed by atoms with Crippen LogP contribution in [0.4, 0.5) is 40.3 Å². The molecule has 0 bridgehead atoms. The van der Waals surface area contributed by atoms with E-state index in [0.29, 0.717) is 46.3 Å². The topological polar surface area (TPSA) is 131 Å². The van der Waals surface area contributed by atoms with Crippen LogP contribution < -0.4 is 10.6 Å². The van der Waals surface area contributed by atoms with E-state index in [1.807, 2.05) is 85.3 Å². The van der Waals surface area contributed by atoms with Crippen molar-refractivity contribution < 1.29 is 40.8 Å². The molecule has 6 aromatic rings. The molecule has 0 aliphatic carbocycles. The van der Waals surface area contributed by atoms with Crippen molar-refractivity contribution in [1.82, 2.24) is 19.6 Å². The van der Waals surface area contributed by atoms with E-state index in [1.165, 1.54) is 36.4 Å². The summed E-state index contributed by atoms with van der Waals surface area (Å²) in [5.41, 5.74) is 6.05. The first-order valence-corrected chi connectivity index (χ1v) is 23.1. The maximum Gasteiger partial charge on any atom is 0.426 e. The van der Waals surface area contributed by atoms with Gasteiger partial charge in [0.2, 0.25) is 0 Å². The largest absolute Gasteiger partial charge is 0.453 e. The third kappa shape index (κ3) is 9.89. The van der Waals surface area contributed by atoms with Crippen LogP contribution in [0, 0.1) is 30.2 Å². The number of benzene rings is 4. The number of hydrogen-bond acceptors (Lipinski definition) is 11. The first-order chi connectivity index (χ1) is 32.4. The molecule has 4 aromatic carbocycles. The third-order valence-corrected chi connectivity index (χ3v) is 12.2. The van der Waals surface area contributed by atoms with Crippen LogP contribution in [-0.4, -0.2) is 65.8 Å². The van der Waals surface area contributed by atoms with Gasteiger partial charge in [-0.3, -0.25) is 0 Å². The molecule has 3 fully saturated rings. The number of aryl methyl sites for hydroxylation is 1. The molecular weight excluding hydrogens is 933 g/mol. The minimum atomic E-state index is -0.684. The van der Waals surface area contributed by atoms with Crippen LogP contribution in [0.25, 0.3) is 22.5 Å². The van der Waals surface area contributed by atoms with Crippen molar-refractivity contribution >= 4 is 71.7 Å². The lowest BCUT2D eigenvalue weighted by molar-refractivity contribution is -0.0386. The highest BCUT2D eigenvalue weighted by atomic mass is 79.9. The highest BCUT2D eigenvalue weighted by molar-refractivity contribution is 9.10. The van der Waals surface area contributed by atoms with E-state index in [9.17, 15) is 17.6 Å². The van der Waals surface area contributed by atoms with Gasteiger partial charge in [-0.2, -0.15) is 10.2 Å². The summed E-state index contributed by atoms with van der Waals surface area (Å²) in [6, 6.07) is 22.7. The summed E-state index contributed by atoms with van der Waals surface area (Å²) >= 11 is 3.48. The summed E-state index contributed by atoms with van der Waals surface area (Å²) < 4.78 is 89.5. The molecule has 2 aromatic heterocycles. The van der Waals surface area contributed by atoms with E-state index in [4.69, 9.17) is 28.3 Å². The lowest BCUT2D eigenvalue weighted by Gasteiger charge is -2.25. The number of fused-ring (bicyclic) bond motifs is 6. The summed E-state index contributed by atoms with van der Waals surface area (Å²) in [5.74, 6) is -2.49. The van der Waals surface area contributed by atoms with Gasteiger partial charge >= 0.3 is 21.4 Å². The maximum atomic E-state index is 14.5. The van der Waals surface area contributed by atoms with Gasteiger partial charge < -0.3 is 33.8 Å². The van der Waals surface area contributed by atoms with E-state index < -0.39 is 23.3 Å². The van der Waals surface area contributed by atoms with Crippen LogP contribution >= 0.6 is 15.9 Å². The third-order valence-electron chi connectivity index (χ3n) is 11.6. The number of rotatable bonds is 4. The van der Waals surface area contributed by atoms with Crippen LogP contribution in [0.3, 0.4) is 0 Å². The number of amidine groups is 2. The molecule has 5 aliphatic rings. The van der Waals surface area contributed by atoms with E-state index in [0.717, 1.165) is 61.0 Å². The second-order valence-electron chi connectivity index (χ2n) is 16.4. The number of para-hydroxylation sites is 2. The fourth-order valence-electron chi connectivity index (χ4n) is 8.64. The molecule has 0 radical (unpaired) electrons. The fourth-order valence-corrected chi connectivity index (χ4v) is 9.09. The van der Waals surface area contributed by atoms with E-state index in [-0.39, 0.29) is 56.6 Å². The number of anilines is 2. The minimum Gasteiger partial charge on any atom is -0.453 e. The van der Waals surface area contributed by atoms with Crippen molar-refractivity contribution in [2.75, 3.05) is 23.8 Å². The Bertz CT molecular complexity index is 2600. The number of aliphatic imine (C=N–C) groups is 2. The lowest BCUT2D eigenvalue weighted by Crippen LogP contribution is -2.44.